The SMILES string of the molecule is Cc1cccc(-c2nc(N)c(Cl)cc2Cl)c1C. The van der Waals surface area contributed by atoms with Crippen LogP contribution in [0.5, 0.6) is 0 Å². The molecule has 1 heterocycles. The van der Waals surface area contributed by atoms with E-state index in [-0.39, 0.29) is 0 Å². The molecule has 0 aliphatic heterocycles. The average Bonchev–Trinajstić information content (AvgIpc) is 2.28. The van der Waals surface area contributed by atoms with Crippen LogP contribution in [0.4, 0.5) is 5.82 Å². The Kier molecular flexibility index (Phi) is 3.27. The molecule has 0 unspecified atom stereocenters. The highest BCUT2D eigenvalue weighted by Crippen LogP contribution is 2.33. The van der Waals surface area contributed by atoms with Crippen molar-refractivity contribution in [3.05, 3.63) is 45.4 Å². The van der Waals surface area contributed by atoms with Crippen LogP contribution >= 0.6 is 23.2 Å². The van der Waals surface area contributed by atoms with Crippen molar-refractivity contribution in [2.24, 2.45) is 0 Å². The van der Waals surface area contributed by atoms with Crippen LogP contribution in [-0.4, -0.2) is 4.98 Å². The van der Waals surface area contributed by atoms with Gasteiger partial charge in [0.15, 0.2) is 0 Å². The molecule has 2 nitrogen and oxygen atoms in total. The van der Waals surface area contributed by atoms with E-state index < -0.39 is 0 Å². The van der Waals surface area contributed by atoms with Crippen LogP contribution in [0.2, 0.25) is 10.0 Å². The lowest BCUT2D eigenvalue weighted by atomic mass is 10.0. The molecular weight excluding hydrogens is 255 g/mol. The molecule has 2 rings (SSSR count). The number of hydrogen-bond acceptors (Lipinski definition) is 2. The molecule has 0 saturated carbocycles. The van der Waals surface area contributed by atoms with Crippen molar-refractivity contribution in [2.75, 3.05) is 5.73 Å². The summed E-state index contributed by atoms with van der Waals surface area (Å²) in [6.45, 7) is 4.08. The quantitative estimate of drug-likeness (QED) is 0.838. The van der Waals surface area contributed by atoms with Gasteiger partial charge in [-0.25, -0.2) is 4.98 Å². The monoisotopic (exact) mass is 266 g/mol. The van der Waals surface area contributed by atoms with Crippen LogP contribution in [0, 0.1) is 13.8 Å². The molecule has 2 aromatic rings. The fourth-order valence-electron chi connectivity index (χ4n) is 1.68. The summed E-state index contributed by atoms with van der Waals surface area (Å²) in [7, 11) is 0. The summed E-state index contributed by atoms with van der Waals surface area (Å²) in [6.07, 6.45) is 0. The highest BCUT2D eigenvalue weighted by atomic mass is 35.5. The van der Waals surface area contributed by atoms with Gasteiger partial charge in [-0.1, -0.05) is 41.4 Å². The second kappa shape index (κ2) is 4.55. The number of hydrogen-bond donors (Lipinski definition) is 1. The van der Waals surface area contributed by atoms with Gasteiger partial charge < -0.3 is 5.73 Å². The zero-order chi connectivity index (χ0) is 12.6. The molecule has 0 atom stereocenters. The van der Waals surface area contributed by atoms with Crippen LogP contribution in [0.15, 0.2) is 24.3 Å². The molecule has 0 spiro atoms. The molecule has 1 aromatic carbocycles. The van der Waals surface area contributed by atoms with E-state index >= 15 is 0 Å². The van der Waals surface area contributed by atoms with Crippen LogP contribution in [0.1, 0.15) is 11.1 Å². The minimum atomic E-state index is 0.298. The first kappa shape index (κ1) is 12.2. The topological polar surface area (TPSA) is 38.9 Å². The van der Waals surface area contributed by atoms with Gasteiger partial charge in [-0.3, -0.25) is 0 Å². The third-order valence-corrected chi connectivity index (χ3v) is 3.41. The number of rotatable bonds is 1. The molecule has 4 heteroatoms. The van der Waals surface area contributed by atoms with Crippen molar-refractivity contribution in [2.45, 2.75) is 13.8 Å². The second-order valence-corrected chi connectivity index (χ2v) is 4.75. The van der Waals surface area contributed by atoms with Gasteiger partial charge in [0.05, 0.1) is 15.7 Å². The Balaban J connectivity index is 2.69. The first-order valence-corrected chi connectivity index (χ1v) is 5.94. The fraction of sp³-hybridized carbons (Fsp3) is 0.154. The molecule has 0 aliphatic carbocycles. The largest absolute Gasteiger partial charge is 0.382 e. The Labute approximate surface area is 110 Å². The van der Waals surface area contributed by atoms with Gasteiger partial charge >= 0.3 is 0 Å². The average molecular weight is 267 g/mol. The van der Waals surface area contributed by atoms with E-state index in [1.807, 2.05) is 32.0 Å². The Bertz CT molecular complexity index is 580. The maximum atomic E-state index is 6.16. The number of aryl methyl sites for hydroxylation is 1. The van der Waals surface area contributed by atoms with E-state index in [9.17, 15) is 0 Å². The fourth-order valence-corrected chi connectivity index (χ4v) is 2.14. The summed E-state index contributed by atoms with van der Waals surface area (Å²) in [5.41, 5.74) is 9.70. The third-order valence-electron chi connectivity index (χ3n) is 2.82. The smallest absolute Gasteiger partial charge is 0.143 e. The second-order valence-electron chi connectivity index (χ2n) is 3.93. The van der Waals surface area contributed by atoms with E-state index in [4.69, 9.17) is 28.9 Å². The molecule has 0 saturated heterocycles. The van der Waals surface area contributed by atoms with Crippen molar-refractivity contribution >= 4 is 29.0 Å². The van der Waals surface area contributed by atoms with Gasteiger partial charge in [0.25, 0.3) is 0 Å². The number of nitrogens with zero attached hydrogens (tertiary/aromatic N) is 1. The molecule has 0 aliphatic rings. The number of aromatic nitrogens is 1. The summed E-state index contributed by atoms with van der Waals surface area (Å²) in [5.74, 6) is 0.298. The summed E-state index contributed by atoms with van der Waals surface area (Å²) in [6, 6.07) is 7.62. The third kappa shape index (κ3) is 2.24. The number of benzene rings is 1. The lowest BCUT2D eigenvalue weighted by molar-refractivity contribution is 1.28. The molecule has 88 valence electrons. The first-order valence-electron chi connectivity index (χ1n) is 5.19. The highest BCUT2D eigenvalue weighted by molar-refractivity contribution is 6.37. The van der Waals surface area contributed by atoms with Crippen LogP contribution in [-0.2, 0) is 0 Å². The lowest BCUT2D eigenvalue weighted by Gasteiger charge is -2.10. The Hall–Kier alpha value is -1.25. The highest BCUT2D eigenvalue weighted by Gasteiger charge is 2.12. The van der Waals surface area contributed by atoms with Gasteiger partial charge in [-0.15, -0.1) is 0 Å². The van der Waals surface area contributed by atoms with Gasteiger partial charge in [0, 0.05) is 5.56 Å². The zero-order valence-electron chi connectivity index (χ0n) is 9.59. The number of nitrogen functional groups attached to an aromatic ring is 1. The molecule has 2 N–H and O–H groups in total. The maximum absolute atomic E-state index is 6.16. The number of pyridine rings is 1. The van der Waals surface area contributed by atoms with Crippen molar-refractivity contribution in [1.29, 1.82) is 0 Å². The summed E-state index contributed by atoms with van der Waals surface area (Å²) < 4.78 is 0. The van der Waals surface area contributed by atoms with Gasteiger partial charge in [0.2, 0.25) is 0 Å². The molecule has 0 amide bonds. The van der Waals surface area contributed by atoms with E-state index in [0.29, 0.717) is 21.6 Å². The molecule has 17 heavy (non-hydrogen) atoms. The summed E-state index contributed by atoms with van der Waals surface area (Å²) in [4.78, 5) is 4.26. The van der Waals surface area contributed by atoms with Gasteiger partial charge in [-0.05, 0) is 31.0 Å². The normalized spacial score (nSPS) is 10.6. The minimum absolute atomic E-state index is 0.298. The van der Waals surface area contributed by atoms with Crippen molar-refractivity contribution in [1.82, 2.24) is 4.98 Å². The number of halogens is 2. The van der Waals surface area contributed by atoms with Gasteiger partial charge in [0.1, 0.15) is 5.82 Å². The maximum Gasteiger partial charge on any atom is 0.143 e. The van der Waals surface area contributed by atoms with Crippen molar-refractivity contribution in [3.63, 3.8) is 0 Å². The van der Waals surface area contributed by atoms with Gasteiger partial charge in [-0.2, -0.15) is 0 Å². The van der Waals surface area contributed by atoms with Crippen LogP contribution < -0.4 is 5.73 Å². The van der Waals surface area contributed by atoms with Crippen LogP contribution in [0.3, 0.4) is 0 Å². The predicted molar refractivity (Wildman–Crippen MR) is 73.6 cm³/mol. The van der Waals surface area contributed by atoms with E-state index in [1.165, 1.54) is 5.56 Å². The Morgan fingerprint density at radius 3 is 2.53 bits per heavy atom. The Morgan fingerprint density at radius 1 is 1.12 bits per heavy atom. The standard InChI is InChI=1S/C13H12Cl2N2/c1-7-4-3-5-9(8(7)2)12-10(14)6-11(15)13(16)17-12/h3-6H,1-2H3,(H2,16,17). The molecular formula is C13H12Cl2N2. The summed E-state index contributed by atoms with van der Waals surface area (Å²) in [5, 5.41) is 0.891. The molecule has 0 radical (unpaired) electrons. The van der Waals surface area contributed by atoms with Crippen molar-refractivity contribution < 1.29 is 0 Å². The number of anilines is 1. The van der Waals surface area contributed by atoms with Crippen LogP contribution in [0.25, 0.3) is 11.3 Å². The van der Waals surface area contributed by atoms with E-state index in [2.05, 4.69) is 4.98 Å². The Morgan fingerprint density at radius 2 is 1.82 bits per heavy atom. The summed E-state index contributed by atoms with van der Waals surface area (Å²) >= 11 is 12.0. The molecule has 0 fully saturated rings. The number of nitrogens with two attached hydrogens (primary N) is 1. The zero-order valence-corrected chi connectivity index (χ0v) is 11.1. The first-order chi connectivity index (χ1) is 8.00. The molecule has 0 bridgehead atoms. The van der Waals surface area contributed by atoms with E-state index in [1.54, 1.807) is 6.07 Å². The van der Waals surface area contributed by atoms with Crippen molar-refractivity contribution in [3.8, 4) is 11.3 Å². The lowest BCUT2D eigenvalue weighted by Crippen LogP contribution is -1.96. The molecule has 1 aromatic heterocycles. The predicted octanol–water partition coefficient (Wildman–Crippen LogP) is 4.25. The van der Waals surface area contributed by atoms with E-state index in [0.717, 1.165) is 11.1 Å². The minimum Gasteiger partial charge on any atom is -0.382 e.